The normalized spacial score (nSPS) is 14.9. The molecular formula is C5H7ClN2O. The molecular weight excluding hydrogens is 140 g/mol. The van der Waals surface area contributed by atoms with Gasteiger partial charge >= 0.3 is 0 Å². The Morgan fingerprint density at radius 2 is 2.22 bits per heavy atom. The van der Waals surface area contributed by atoms with Crippen LogP contribution in [0.3, 0.4) is 0 Å². The molecule has 4 heteroatoms. The van der Waals surface area contributed by atoms with Gasteiger partial charge in [-0.05, 0) is 12.2 Å². The quantitative estimate of drug-likeness (QED) is 0.535. The third-order valence-corrected chi connectivity index (χ3v) is 0.705. The summed E-state index contributed by atoms with van der Waals surface area (Å²) in [5.74, 6) is 0.0648. The molecule has 1 aliphatic heterocycles. The van der Waals surface area contributed by atoms with E-state index in [9.17, 15) is 0 Å². The van der Waals surface area contributed by atoms with Crippen LogP contribution in [0.25, 0.3) is 0 Å². The molecule has 9 heavy (non-hydrogen) atoms. The summed E-state index contributed by atoms with van der Waals surface area (Å²) in [5.41, 5.74) is 2.37. The molecule has 0 saturated heterocycles. The number of nitrogens with zero attached hydrogens (tertiary/aromatic N) is 1. The van der Waals surface area contributed by atoms with Crippen molar-refractivity contribution in [3.63, 3.8) is 0 Å². The second kappa shape index (κ2) is 3.97. The highest BCUT2D eigenvalue weighted by Crippen LogP contribution is 1.85. The maximum atomic E-state index is 8.67. The van der Waals surface area contributed by atoms with Crippen LogP contribution in [0, 0.1) is 0 Å². The number of halogens is 1. The van der Waals surface area contributed by atoms with Crippen molar-refractivity contribution in [1.82, 2.24) is 5.43 Å². The number of hydrogen-bond donors (Lipinski definition) is 2. The Labute approximate surface area is 59.2 Å². The number of allylic oxidation sites excluding steroid dienone is 3. The van der Waals surface area contributed by atoms with Crippen molar-refractivity contribution in [2.75, 3.05) is 0 Å². The summed E-state index contributed by atoms with van der Waals surface area (Å²) >= 11 is 0. The van der Waals surface area contributed by atoms with Crippen molar-refractivity contribution in [1.29, 1.82) is 0 Å². The first-order valence-corrected chi connectivity index (χ1v) is 2.24. The van der Waals surface area contributed by atoms with Crippen LogP contribution in [0.4, 0.5) is 0 Å². The van der Waals surface area contributed by atoms with Crippen molar-refractivity contribution < 1.29 is 5.11 Å². The molecule has 0 fully saturated rings. The summed E-state index contributed by atoms with van der Waals surface area (Å²) in [4.78, 5) is 0. The first kappa shape index (κ1) is 8.04. The zero-order valence-electron chi connectivity index (χ0n) is 4.61. The van der Waals surface area contributed by atoms with Crippen LogP contribution in [-0.4, -0.2) is 11.3 Å². The molecule has 0 unspecified atom stereocenters. The minimum atomic E-state index is 0. The van der Waals surface area contributed by atoms with Crippen LogP contribution in [0.5, 0.6) is 0 Å². The van der Waals surface area contributed by atoms with E-state index in [1.807, 2.05) is 0 Å². The predicted octanol–water partition coefficient (Wildman–Crippen LogP) is 0.953. The highest BCUT2D eigenvalue weighted by molar-refractivity contribution is 5.85. The van der Waals surface area contributed by atoms with E-state index >= 15 is 0 Å². The molecule has 0 radical (unpaired) electrons. The van der Waals surface area contributed by atoms with Gasteiger partial charge in [-0.15, -0.1) is 12.4 Å². The number of hydrazone groups is 1. The lowest BCUT2D eigenvalue weighted by Crippen LogP contribution is -2.01. The minimum Gasteiger partial charge on any atom is -0.494 e. The van der Waals surface area contributed by atoms with Gasteiger partial charge in [0.2, 0.25) is 5.88 Å². The number of nitrogens with one attached hydrogen (secondary N) is 1. The number of rotatable bonds is 0. The van der Waals surface area contributed by atoms with Crippen molar-refractivity contribution in [3.05, 3.63) is 24.1 Å². The SMILES string of the molecule is Cl.OC1=CC=CC=NN1. The molecule has 0 amide bonds. The molecule has 0 aromatic heterocycles. The van der Waals surface area contributed by atoms with Gasteiger partial charge < -0.3 is 5.11 Å². The molecule has 50 valence electrons. The smallest absolute Gasteiger partial charge is 0.204 e. The summed E-state index contributed by atoms with van der Waals surface area (Å²) in [7, 11) is 0. The maximum absolute atomic E-state index is 8.67. The van der Waals surface area contributed by atoms with Crippen LogP contribution in [0.2, 0.25) is 0 Å². The van der Waals surface area contributed by atoms with E-state index < -0.39 is 0 Å². The van der Waals surface area contributed by atoms with E-state index in [1.54, 1.807) is 18.4 Å². The average Bonchev–Trinajstić information content (AvgIpc) is 1.94. The van der Waals surface area contributed by atoms with Crippen molar-refractivity contribution >= 4 is 18.6 Å². The van der Waals surface area contributed by atoms with Gasteiger partial charge in [0.05, 0.1) is 0 Å². The van der Waals surface area contributed by atoms with Crippen molar-refractivity contribution in [2.24, 2.45) is 5.10 Å². The van der Waals surface area contributed by atoms with Crippen molar-refractivity contribution in [2.45, 2.75) is 0 Å². The molecule has 0 atom stereocenters. The fourth-order valence-electron chi connectivity index (χ4n) is 0.380. The van der Waals surface area contributed by atoms with Gasteiger partial charge in [0, 0.05) is 6.21 Å². The van der Waals surface area contributed by atoms with Gasteiger partial charge in [0.15, 0.2) is 0 Å². The number of aliphatic hydroxyl groups excluding tert-OH is 1. The Balaban J connectivity index is 0.000000640. The highest BCUT2D eigenvalue weighted by Gasteiger charge is 1.84. The second-order valence-electron chi connectivity index (χ2n) is 1.33. The molecule has 1 aliphatic rings. The number of hydrogen-bond acceptors (Lipinski definition) is 3. The van der Waals surface area contributed by atoms with E-state index in [0.29, 0.717) is 0 Å². The minimum absolute atomic E-state index is 0. The standard InChI is InChI=1S/C5H6N2O.ClH/c8-5-3-1-2-4-6-7-5;/h1-4,7-8H;1H. The summed E-state index contributed by atoms with van der Waals surface area (Å²) in [5, 5.41) is 12.2. The Kier molecular flexibility index (Phi) is 3.55. The third kappa shape index (κ3) is 2.77. The van der Waals surface area contributed by atoms with Crippen LogP contribution < -0.4 is 5.43 Å². The van der Waals surface area contributed by atoms with Gasteiger partial charge in [-0.25, -0.2) is 5.43 Å². The van der Waals surface area contributed by atoms with E-state index in [-0.39, 0.29) is 18.3 Å². The zero-order valence-corrected chi connectivity index (χ0v) is 5.43. The largest absolute Gasteiger partial charge is 0.494 e. The van der Waals surface area contributed by atoms with Gasteiger partial charge in [0.1, 0.15) is 0 Å². The van der Waals surface area contributed by atoms with E-state index in [1.165, 1.54) is 6.08 Å². The van der Waals surface area contributed by atoms with Crippen molar-refractivity contribution in [3.8, 4) is 0 Å². The molecule has 2 N–H and O–H groups in total. The first-order valence-electron chi connectivity index (χ1n) is 2.24. The molecule has 0 spiro atoms. The monoisotopic (exact) mass is 146 g/mol. The Bertz CT molecular complexity index is 162. The topological polar surface area (TPSA) is 44.6 Å². The fourth-order valence-corrected chi connectivity index (χ4v) is 0.380. The third-order valence-electron chi connectivity index (χ3n) is 0.705. The molecule has 0 aromatic carbocycles. The van der Waals surface area contributed by atoms with E-state index in [4.69, 9.17) is 5.11 Å². The lowest BCUT2D eigenvalue weighted by atomic mass is 10.5. The summed E-state index contributed by atoms with van der Waals surface area (Å²) in [6.07, 6.45) is 6.49. The Morgan fingerprint density at radius 1 is 1.44 bits per heavy atom. The molecule has 3 nitrogen and oxygen atoms in total. The van der Waals surface area contributed by atoms with Crippen LogP contribution in [0.1, 0.15) is 0 Å². The number of aliphatic hydroxyl groups is 1. The summed E-state index contributed by atoms with van der Waals surface area (Å²) in [6, 6.07) is 0. The van der Waals surface area contributed by atoms with Gasteiger partial charge in [-0.2, -0.15) is 5.10 Å². The molecule has 0 bridgehead atoms. The molecule has 1 rings (SSSR count). The fraction of sp³-hybridized carbons (Fsp3) is 0. The summed E-state index contributed by atoms with van der Waals surface area (Å²) < 4.78 is 0. The highest BCUT2D eigenvalue weighted by atomic mass is 35.5. The molecule has 1 heterocycles. The van der Waals surface area contributed by atoms with Gasteiger partial charge in [0.25, 0.3) is 0 Å². The lowest BCUT2D eigenvalue weighted by Gasteiger charge is -1.90. The van der Waals surface area contributed by atoms with E-state index in [2.05, 4.69) is 10.5 Å². The predicted molar refractivity (Wildman–Crippen MR) is 38.7 cm³/mol. The van der Waals surface area contributed by atoms with Crippen LogP contribution >= 0.6 is 12.4 Å². The molecule has 0 aromatic rings. The maximum Gasteiger partial charge on any atom is 0.204 e. The van der Waals surface area contributed by atoms with Gasteiger partial charge in [-0.1, -0.05) is 6.08 Å². The average molecular weight is 147 g/mol. The second-order valence-corrected chi connectivity index (χ2v) is 1.33. The van der Waals surface area contributed by atoms with Crippen LogP contribution in [-0.2, 0) is 0 Å². The zero-order chi connectivity index (χ0) is 5.82. The lowest BCUT2D eigenvalue weighted by molar-refractivity contribution is 0.369. The molecule has 0 aliphatic carbocycles. The summed E-state index contributed by atoms with van der Waals surface area (Å²) in [6.45, 7) is 0. The van der Waals surface area contributed by atoms with Gasteiger partial charge in [-0.3, -0.25) is 0 Å². The molecule has 0 saturated carbocycles. The Hall–Kier alpha value is -0.960. The van der Waals surface area contributed by atoms with E-state index in [0.717, 1.165) is 0 Å². The Morgan fingerprint density at radius 3 is 3.00 bits per heavy atom. The first-order chi connectivity index (χ1) is 3.89. The van der Waals surface area contributed by atoms with Crippen LogP contribution in [0.15, 0.2) is 29.2 Å².